The maximum atomic E-state index is 12.0. The monoisotopic (exact) mass is 226 g/mol. The fraction of sp³-hybridized carbons (Fsp3) is 1.00. The van der Waals surface area contributed by atoms with Crippen LogP contribution in [0.2, 0.25) is 0 Å². The minimum atomic E-state index is -4.06. The minimum Gasteiger partial charge on any atom is -0.315 e. The predicted molar refractivity (Wildman–Crippen MR) is 55.9 cm³/mol. The zero-order chi connectivity index (χ0) is 12.1. The molecular weight excluding hydrogens is 205 g/mol. The molecule has 0 aliphatic carbocycles. The number of nitrogens with zero attached hydrogens (tertiary/aromatic N) is 1. The van der Waals surface area contributed by atoms with Crippen molar-refractivity contribution in [2.75, 3.05) is 20.6 Å². The Balaban J connectivity index is 4.03. The van der Waals surface area contributed by atoms with Crippen molar-refractivity contribution in [1.29, 1.82) is 0 Å². The highest BCUT2D eigenvalue weighted by atomic mass is 19.4. The van der Waals surface area contributed by atoms with Gasteiger partial charge in [0.1, 0.15) is 0 Å². The first kappa shape index (κ1) is 14.7. The van der Waals surface area contributed by atoms with Crippen molar-refractivity contribution in [1.82, 2.24) is 10.2 Å². The summed E-state index contributed by atoms with van der Waals surface area (Å²) in [5.74, 6) is 0. The van der Waals surface area contributed by atoms with Gasteiger partial charge in [0, 0.05) is 18.6 Å². The molecule has 0 heterocycles. The molecule has 0 saturated heterocycles. The molecule has 0 spiro atoms. The van der Waals surface area contributed by atoms with Gasteiger partial charge in [0.2, 0.25) is 0 Å². The van der Waals surface area contributed by atoms with Gasteiger partial charge in [0.25, 0.3) is 0 Å². The highest BCUT2D eigenvalue weighted by Gasteiger charge is 2.28. The van der Waals surface area contributed by atoms with Crippen molar-refractivity contribution in [3.05, 3.63) is 0 Å². The first-order valence-electron chi connectivity index (χ1n) is 5.26. The van der Waals surface area contributed by atoms with E-state index in [0.29, 0.717) is 0 Å². The second-order valence-electron chi connectivity index (χ2n) is 3.89. The van der Waals surface area contributed by atoms with E-state index in [9.17, 15) is 13.2 Å². The van der Waals surface area contributed by atoms with Crippen LogP contribution >= 0.6 is 0 Å². The van der Waals surface area contributed by atoms with Crippen molar-refractivity contribution in [3.63, 3.8) is 0 Å². The van der Waals surface area contributed by atoms with Crippen LogP contribution < -0.4 is 5.32 Å². The maximum Gasteiger partial charge on any atom is 0.390 e. The summed E-state index contributed by atoms with van der Waals surface area (Å²) < 4.78 is 36.0. The van der Waals surface area contributed by atoms with E-state index in [1.807, 2.05) is 20.9 Å². The topological polar surface area (TPSA) is 15.3 Å². The summed E-state index contributed by atoms with van der Waals surface area (Å²) in [5, 5.41) is 3.11. The van der Waals surface area contributed by atoms with Crippen LogP contribution in [0.3, 0.4) is 0 Å². The van der Waals surface area contributed by atoms with Gasteiger partial charge in [0.15, 0.2) is 0 Å². The summed E-state index contributed by atoms with van der Waals surface area (Å²) in [5.41, 5.74) is 0. The normalized spacial score (nSPS) is 16.8. The minimum absolute atomic E-state index is 0.0584. The van der Waals surface area contributed by atoms with E-state index in [1.54, 1.807) is 11.9 Å². The molecule has 0 bridgehead atoms. The largest absolute Gasteiger partial charge is 0.390 e. The lowest BCUT2D eigenvalue weighted by Crippen LogP contribution is -2.46. The third-order valence-electron chi connectivity index (χ3n) is 2.84. The fourth-order valence-electron chi connectivity index (χ4n) is 1.60. The zero-order valence-electron chi connectivity index (χ0n) is 9.86. The number of hydrogen-bond acceptors (Lipinski definition) is 2. The lowest BCUT2D eigenvalue weighted by Gasteiger charge is -2.31. The Hall–Kier alpha value is -0.290. The Morgan fingerprint density at radius 1 is 1.33 bits per heavy atom. The van der Waals surface area contributed by atoms with Crippen molar-refractivity contribution in [2.24, 2.45) is 0 Å². The predicted octanol–water partition coefficient (Wildman–Crippen LogP) is 2.26. The van der Waals surface area contributed by atoms with Crippen LogP contribution in [0.1, 0.15) is 26.7 Å². The first-order chi connectivity index (χ1) is 6.81. The smallest absolute Gasteiger partial charge is 0.315 e. The van der Waals surface area contributed by atoms with E-state index in [-0.39, 0.29) is 18.6 Å². The molecular formula is C10H21F3N2. The lowest BCUT2D eigenvalue weighted by molar-refractivity contribution is -0.138. The molecule has 2 unspecified atom stereocenters. The second-order valence-corrected chi connectivity index (χ2v) is 3.89. The number of alkyl halides is 3. The van der Waals surface area contributed by atoms with Crippen LogP contribution in [-0.2, 0) is 0 Å². The van der Waals surface area contributed by atoms with E-state index in [2.05, 4.69) is 5.32 Å². The molecule has 2 atom stereocenters. The van der Waals surface area contributed by atoms with E-state index in [4.69, 9.17) is 0 Å². The molecule has 0 aromatic carbocycles. The summed E-state index contributed by atoms with van der Waals surface area (Å²) >= 11 is 0. The fourth-order valence-corrected chi connectivity index (χ4v) is 1.60. The van der Waals surface area contributed by atoms with Crippen LogP contribution in [-0.4, -0.2) is 43.8 Å². The molecule has 15 heavy (non-hydrogen) atoms. The number of halogens is 3. The maximum absolute atomic E-state index is 12.0. The van der Waals surface area contributed by atoms with Gasteiger partial charge in [-0.2, -0.15) is 13.2 Å². The molecule has 0 radical (unpaired) electrons. The van der Waals surface area contributed by atoms with Gasteiger partial charge in [-0.05, 0) is 27.4 Å². The average Bonchev–Trinajstić information content (AvgIpc) is 2.14. The van der Waals surface area contributed by atoms with Crippen LogP contribution in [0.15, 0.2) is 0 Å². The summed E-state index contributed by atoms with van der Waals surface area (Å²) in [7, 11) is 3.57. The standard InChI is InChI=1S/C10H21F3N2/c1-5-9(14-3)8(2)15(4)7-6-10(11,12)13/h8-9,14H,5-7H2,1-4H3. The highest BCUT2D eigenvalue weighted by molar-refractivity contribution is 4.77. The van der Waals surface area contributed by atoms with Gasteiger partial charge in [-0.1, -0.05) is 6.92 Å². The molecule has 1 N–H and O–H groups in total. The van der Waals surface area contributed by atoms with Gasteiger partial charge in [-0.3, -0.25) is 0 Å². The van der Waals surface area contributed by atoms with Gasteiger partial charge < -0.3 is 10.2 Å². The molecule has 92 valence electrons. The van der Waals surface area contributed by atoms with Gasteiger partial charge in [-0.15, -0.1) is 0 Å². The Bertz CT molecular complexity index is 167. The summed E-state index contributed by atoms with van der Waals surface area (Å²) in [6.45, 7) is 4.03. The Labute approximate surface area is 89.8 Å². The Morgan fingerprint density at radius 3 is 2.20 bits per heavy atom. The molecule has 0 amide bonds. The number of rotatable bonds is 6. The van der Waals surface area contributed by atoms with Crippen LogP contribution in [0.5, 0.6) is 0 Å². The van der Waals surface area contributed by atoms with Crippen molar-refractivity contribution in [2.45, 2.75) is 44.9 Å². The third kappa shape index (κ3) is 5.99. The van der Waals surface area contributed by atoms with E-state index in [1.165, 1.54) is 0 Å². The molecule has 0 aromatic rings. The van der Waals surface area contributed by atoms with E-state index in [0.717, 1.165) is 6.42 Å². The second kappa shape index (κ2) is 6.33. The van der Waals surface area contributed by atoms with Crippen LogP contribution in [0.25, 0.3) is 0 Å². The zero-order valence-corrected chi connectivity index (χ0v) is 9.86. The SMILES string of the molecule is CCC(NC)C(C)N(C)CCC(F)(F)F. The average molecular weight is 226 g/mol. The highest BCUT2D eigenvalue weighted by Crippen LogP contribution is 2.20. The Kier molecular flexibility index (Phi) is 6.20. The molecule has 0 aromatic heterocycles. The summed E-state index contributed by atoms with van der Waals surface area (Å²) in [6, 6.07) is 0.352. The quantitative estimate of drug-likeness (QED) is 0.747. The van der Waals surface area contributed by atoms with Gasteiger partial charge in [0.05, 0.1) is 6.42 Å². The Morgan fingerprint density at radius 2 is 1.87 bits per heavy atom. The van der Waals surface area contributed by atoms with Gasteiger partial charge >= 0.3 is 6.18 Å². The molecule has 5 heteroatoms. The summed E-state index contributed by atoms with van der Waals surface area (Å²) in [4.78, 5) is 1.75. The molecule has 0 aliphatic rings. The lowest BCUT2D eigenvalue weighted by atomic mass is 10.1. The number of likely N-dealkylation sites (N-methyl/N-ethyl adjacent to an activating group) is 2. The van der Waals surface area contributed by atoms with Crippen molar-refractivity contribution >= 4 is 0 Å². The molecule has 0 aliphatic heterocycles. The van der Waals surface area contributed by atoms with Crippen LogP contribution in [0.4, 0.5) is 13.2 Å². The molecule has 0 fully saturated rings. The van der Waals surface area contributed by atoms with Crippen LogP contribution in [0, 0.1) is 0 Å². The first-order valence-corrected chi connectivity index (χ1v) is 5.26. The van der Waals surface area contributed by atoms with Gasteiger partial charge in [-0.25, -0.2) is 0 Å². The number of hydrogen-bond donors (Lipinski definition) is 1. The van der Waals surface area contributed by atoms with E-state index >= 15 is 0 Å². The van der Waals surface area contributed by atoms with Crippen molar-refractivity contribution < 1.29 is 13.2 Å². The molecule has 0 saturated carbocycles. The van der Waals surface area contributed by atoms with E-state index < -0.39 is 12.6 Å². The molecule has 0 rings (SSSR count). The molecule has 2 nitrogen and oxygen atoms in total. The van der Waals surface area contributed by atoms with Crippen molar-refractivity contribution in [3.8, 4) is 0 Å². The number of nitrogens with one attached hydrogen (secondary N) is 1. The summed E-state index contributed by atoms with van der Waals surface area (Å²) in [6.07, 6.45) is -3.89. The third-order valence-corrected chi connectivity index (χ3v) is 2.84.